The van der Waals surface area contributed by atoms with Crippen LogP contribution in [0.3, 0.4) is 0 Å². The third-order valence-corrected chi connectivity index (χ3v) is 4.29. The molecule has 0 aliphatic carbocycles. The van der Waals surface area contributed by atoms with E-state index in [0.29, 0.717) is 17.2 Å². The number of pyridine rings is 1. The van der Waals surface area contributed by atoms with Gasteiger partial charge in [-0.15, -0.1) is 13.2 Å². The van der Waals surface area contributed by atoms with Crippen molar-refractivity contribution in [1.82, 2.24) is 4.98 Å². The zero-order valence-electron chi connectivity index (χ0n) is 17.3. The number of hydrogen-bond donors (Lipinski definition) is 0. The molecule has 0 saturated heterocycles. The Kier molecular flexibility index (Phi) is 8.03. The molecule has 0 N–H and O–H groups in total. The van der Waals surface area contributed by atoms with E-state index in [2.05, 4.69) is 9.72 Å². The van der Waals surface area contributed by atoms with Gasteiger partial charge in [0.05, 0.1) is 6.07 Å². The van der Waals surface area contributed by atoms with Gasteiger partial charge in [0.15, 0.2) is 0 Å². The van der Waals surface area contributed by atoms with E-state index in [9.17, 15) is 36.0 Å². The molecule has 1 atom stereocenters. The minimum atomic E-state index is -4.85. The van der Waals surface area contributed by atoms with Crippen molar-refractivity contribution in [3.8, 4) is 22.9 Å². The van der Waals surface area contributed by atoms with Crippen LogP contribution in [0.4, 0.5) is 30.7 Å². The van der Waals surface area contributed by atoms with Crippen molar-refractivity contribution in [3.63, 3.8) is 0 Å². The average Bonchev–Trinajstić information content (AvgIpc) is 2.76. The van der Waals surface area contributed by atoms with Gasteiger partial charge in [-0.3, -0.25) is 4.98 Å². The molecular weight excluding hydrogens is 453 g/mol. The number of benzene rings is 2. The molecule has 0 aliphatic rings. The molecule has 0 radical (unpaired) electrons. The fourth-order valence-corrected chi connectivity index (χ4v) is 2.84. The van der Waals surface area contributed by atoms with Gasteiger partial charge >= 0.3 is 12.3 Å². The topological polar surface area (TPSA) is 45.9 Å². The standard InChI is InChI=1S/C21H11F7N2O.C2H6/c22-14-4-7-16(18(23)9-14)17(10-29)20(24,25)19-8-3-13(11-30-19)12-1-5-15(6-2-12)31-21(26,27)28;1-2/h1-9,11,17H;1-2H3. The molecule has 1 unspecified atom stereocenters. The molecule has 3 nitrogen and oxygen atoms in total. The summed E-state index contributed by atoms with van der Waals surface area (Å²) in [6.45, 7) is 4.00. The number of aromatic nitrogens is 1. The van der Waals surface area contributed by atoms with E-state index in [4.69, 9.17) is 0 Å². The smallest absolute Gasteiger partial charge is 0.406 e. The Bertz CT molecular complexity index is 1110. The van der Waals surface area contributed by atoms with E-state index >= 15 is 0 Å². The fraction of sp³-hybridized carbons (Fsp3) is 0.217. The van der Waals surface area contributed by atoms with Crippen LogP contribution >= 0.6 is 0 Å². The molecule has 0 amide bonds. The van der Waals surface area contributed by atoms with Gasteiger partial charge in [0.25, 0.3) is 0 Å². The van der Waals surface area contributed by atoms with Crippen LogP contribution in [0.5, 0.6) is 5.75 Å². The van der Waals surface area contributed by atoms with Crippen LogP contribution in [-0.4, -0.2) is 11.3 Å². The van der Waals surface area contributed by atoms with Gasteiger partial charge in [-0.1, -0.05) is 38.1 Å². The van der Waals surface area contributed by atoms with Gasteiger partial charge in [0.1, 0.15) is 29.0 Å². The summed E-state index contributed by atoms with van der Waals surface area (Å²) in [5.41, 5.74) is -0.832. The fourth-order valence-electron chi connectivity index (χ4n) is 2.84. The Morgan fingerprint density at radius 3 is 1.97 bits per heavy atom. The van der Waals surface area contributed by atoms with Crippen molar-refractivity contribution in [2.45, 2.75) is 32.1 Å². The van der Waals surface area contributed by atoms with E-state index in [1.807, 2.05) is 13.8 Å². The SMILES string of the molecule is CC.N#CC(c1ccc(F)cc1F)C(F)(F)c1ccc(-c2ccc(OC(F)(F)F)cc2)cn1. The molecule has 0 bridgehead atoms. The number of nitrogens with zero attached hydrogens (tertiary/aromatic N) is 2. The lowest BCUT2D eigenvalue weighted by atomic mass is 9.91. The van der Waals surface area contributed by atoms with Crippen LogP contribution in [0.1, 0.15) is 31.0 Å². The first-order valence-electron chi connectivity index (χ1n) is 9.56. The molecule has 0 fully saturated rings. The van der Waals surface area contributed by atoms with Gasteiger partial charge in [0, 0.05) is 23.4 Å². The summed E-state index contributed by atoms with van der Waals surface area (Å²) in [6.07, 6.45) is -3.81. The Balaban J connectivity index is 0.00000187. The summed E-state index contributed by atoms with van der Waals surface area (Å²) >= 11 is 0. The van der Waals surface area contributed by atoms with E-state index in [-0.39, 0.29) is 0 Å². The number of rotatable bonds is 5. The van der Waals surface area contributed by atoms with Crippen LogP contribution < -0.4 is 4.74 Å². The van der Waals surface area contributed by atoms with Crippen molar-refractivity contribution in [2.75, 3.05) is 0 Å². The number of alkyl halides is 5. The summed E-state index contributed by atoms with van der Waals surface area (Å²) < 4.78 is 97.1. The quantitative estimate of drug-likeness (QED) is 0.366. The maximum absolute atomic E-state index is 14.9. The van der Waals surface area contributed by atoms with E-state index < -0.39 is 46.8 Å². The molecule has 3 aromatic rings. The first-order chi connectivity index (χ1) is 15.5. The second kappa shape index (κ2) is 10.3. The first kappa shape index (κ1) is 25.6. The van der Waals surface area contributed by atoms with Crippen LogP contribution in [-0.2, 0) is 5.92 Å². The summed E-state index contributed by atoms with van der Waals surface area (Å²) in [5, 5.41) is 9.20. The Hall–Kier alpha value is -3.61. The largest absolute Gasteiger partial charge is 0.573 e. The number of halogens is 7. The number of nitriles is 1. The van der Waals surface area contributed by atoms with Gasteiger partial charge in [-0.05, 0) is 29.8 Å². The zero-order valence-corrected chi connectivity index (χ0v) is 17.3. The minimum Gasteiger partial charge on any atom is -0.406 e. The normalized spacial score (nSPS) is 12.2. The van der Waals surface area contributed by atoms with Gasteiger partial charge in [-0.25, -0.2) is 8.78 Å². The van der Waals surface area contributed by atoms with Gasteiger partial charge < -0.3 is 4.74 Å². The molecule has 0 saturated carbocycles. The monoisotopic (exact) mass is 470 g/mol. The van der Waals surface area contributed by atoms with Gasteiger partial charge in [-0.2, -0.15) is 14.0 Å². The number of hydrogen-bond acceptors (Lipinski definition) is 3. The first-order valence-corrected chi connectivity index (χ1v) is 9.56. The molecule has 1 aromatic heterocycles. The lowest BCUT2D eigenvalue weighted by Crippen LogP contribution is -2.25. The lowest BCUT2D eigenvalue weighted by molar-refractivity contribution is -0.274. The zero-order chi connectivity index (χ0) is 24.8. The predicted octanol–water partition coefficient (Wildman–Crippen LogP) is 7.35. The van der Waals surface area contributed by atoms with Crippen molar-refractivity contribution < 1.29 is 35.5 Å². The van der Waals surface area contributed by atoms with Crippen LogP contribution in [0.2, 0.25) is 0 Å². The maximum atomic E-state index is 14.9. The minimum absolute atomic E-state index is 0.305. The highest BCUT2D eigenvalue weighted by Gasteiger charge is 2.45. The highest BCUT2D eigenvalue weighted by molar-refractivity contribution is 5.63. The van der Waals surface area contributed by atoms with Crippen molar-refractivity contribution in [3.05, 3.63) is 83.7 Å². The highest BCUT2D eigenvalue weighted by Crippen LogP contribution is 2.42. The Labute approximate surface area is 185 Å². The van der Waals surface area contributed by atoms with E-state index in [1.165, 1.54) is 24.3 Å². The van der Waals surface area contributed by atoms with Gasteiger partial charge in [0.2, 0.25) is 0 Å². The average molecular weight is 470 g/mol. The molecular formula is C23H17F7N2O. The molecule has 2 aromatic carbocycles. The summed E-state index contributed by atoms with van der Waals surface area (Å²) in [5.74, 6) is -8.88. The summed E-state index contributed by atoms with van der Waals surface area (Å²) in [7, 11) is 0. The Morgan fingerprint density at radius 1 is 0.879 bits per heavy atom. The Morgan fingerprint density at radius 2 is 1.48 bits per heavy atom. The van der Waals surface area contributed by atoms with Crippen molar-refractivity contribution >= 4 is 0 Å². The predicted molar refractivity (Wildman–Crippen MR) is 106 cm³/mol. The van der Waals surface area contributed by atoms with Crippen LogP contribution in [0.25, 0.3) is 11.1 Å². The molecule has 0 aliphatic heterocycles. The second-order valence-corrected chi connectivity index (χ2v) is 6.36. The maximum Gasteiger partial charge on any atom is 0.573 e. The van der Waals surface area contributed by atoms with E-state index in [1.54, 1.807) is 0 Å². The van der Waals surface area contributed by atoms with Crippen LogP contribution in [0.15, 0.2) is 60.8 Å². The highest BCUT2D eigenvalue weighted by atomic mass is 19.4. The summed E-state index contributed by atoms with van der Waals surface area (Å²) in [6, 6.07) is 10.1. The molecule has 174 valence electrons. The molecule has 10 heteroatoms. The van der Waals surface area contributed by atoms with E-state index in [0.717, 1.165) is 36.5 Å². The molecule has 33 heavy (non-hydrogen) atoms. The van der Waals surface area contributed by atoms with Crippen molar-refractivity contribution in [2.24, 2.45) is 0 Å². The molecule has 3 rings (SSSR count). The second-order valence-electron chi connectivity index (χ2n) is 6.36. The molecule has 0 spiro atoms. The van der Waals surface area contributed by atoms with Crippen LogP contribution in [0, 0.1) is 23.0 Å². The van der Waals surface area contributed by atoms with Crippen molar-refractivity contribution in [1.29, 1.82) is 5.26 Å². The number of ether oxygens (including phenoxy) is 1. The summed E-state index contributed by atoms with van der Waals surface area (Å²) in [4.78, 5) is 3.64. The molecule has 1 heterocycles. The third-order valence-electron chi connectivity index (χ3n) is 4.29. The lowest BCUT2D eigenvalue weighted by Gasteiger charge is -2.22. The third kappa shape index (κ3) is 6.22.